The van der Waals surface area contributed by atoms with Crippen molar-refractivity contribution in [1.82, 2.24) is 25.3 Å². The minimum atomic E-state index is -0.524. The summed E-state index contributed by atoms with van der Waals surface area (Å²) in [7, 11) is 3.51. The highest BCUT2D eigenvalue weighted by Gasteiger charge is 2.23. The van der Waals surface area contributed by atoms with Crippen molar-refractivity contribution in [3.63, 3.8) is 0 Å². The molecule has 0 bridgehead atoms. The van der Waals surface area contributed by atoms with Crippen LogP contribution in [0.4, 0.5) is 0 Å². The van der Waals surface area contributed by atoms with Crippen molar-refractivity contribution in [2.45, 2.75) is 19.0 Å². The quantitative estimate of drug-likeness (QED) is 0.808. The Labute approximate surface area is 159 Å². The molecule has 0 radical (unpaired) electrons. The van der Waals surface area contributed by atoms with E-state index in [2.05, 4.69) is 21.8 Å². The second kappa shape index (κ2) is 8.82. The Bertz CT molecular complexity index is 776. The van der Waals surface area contributed by atoms with Crippen molar-refractivity contribution in [3.8, 4) is 0 Å². The lowest BCUT2D eigenvalue weighted by Gasteiger charge is -2.29. The SMILES string of the molecule is CNC(C(=O)NCC(=O)N1CCc2ccccc2C1)c1cnn(C)c1.Cl. The molecule has 2 heterocycles. The molecule has 1 unspecified atom stereocenters. The molecule has 0 fully saturated rings. The monoisotopic (exact) mass is 377 g/mol. The molecular formula is C18H24ClN5O2. The number of carbonyl (C=O) groups excluding carboxylic acids is 2. The molecule has 1 aliphatic heterocycles. The van der Waals surface area contributed by atoms with Gasteiger partial charge in [-0.25, -0.2) is 0 Å². The van der Waals surface area contributed by atoms with E-state index >= 15 is 0 Å². The molecule has 0 saturated heterocycles. The fraction of sp³-hybridized carbons (Fsp3) is 0.389. The Kier molecular flexibility index (Phi) is 6.76. The molecule has 0 aliphatic carbocycles. The number of rotatable bonds is 5. The first-order chi connectivity index (χ1) is 12.1. The first-order valence-electron chi connectivity index (χ1n) is 8.36. The van der Waals surface area contributed by atoms with E-state index in [1.165, 1.54) is 11.1 Å². The number of aromatic nitrogens is 2. The molecule has 2 aromatic rings. The summed E-state index contributed by atoms with van der Waals surface area (Å²) in [6, 6.07) is 7.63. The van der Waals surface area contributed by atoms with Crippen molar-refractivity contribution in [2.24, 2.45) is 7.05 Å². The minimum Gasteiger partial charge on any atom is -0.345 e. The van der Waals surface area contributed by atoms with Crippen LogP contribution in [0.15, 0.2) is 36.7 Å². The van der Waals surface area contributed by atoms with Gasteiger partial charge in [-0.15, -0.1) is 12.4 Å². The van der Waals surface area contributed by atoms with Crippen LogP contribution in [0.5, 0.6) is 0 Å². The average molecular weight is 378 g/mol. The maximum Gasteiger partial charge on any atom is 0.242 e. The van der Waals surface area contributed by atoms with Crippen LogP contribution in [-0.4, -0.2) is 46.6 Å². The highest BCUT2D eigenvalue weighted by atomic mass is 35.5. The fourth-order valence-corrected chi connectivity index (χ4v) is 3.12. The Morgan fingerprint density at radius 2 is 2.00 bits per heavy atom. The summed E-state index contributed by atoms with van der Waals surface area (Å²) >= 11 is 0. The summed E-state index contributed by atoms with van der Waals surface area (Å²) in [4.78, 5) is 26.6. The predicted octanol–water partition coefficient (Wildman–Crippen LogP) is 0.804. The number of carbonyl (C=O) groups is 2. The standard InChI is InChI=1S/C18H23N5O2.ClH/c1-19-17(15-9-21-22(2)11-15)18(25)20-10-16(24)23-8-7-13-5-3-4-6-14(13)12-23;/h3-6,9,11,17,19H,7-8,10,12H2,1-2H3,(H,20,25);1H. The number of amides is 2. The zero-order chi connectivity index (χ0) is 17.8. The summed E-state index contributed by atoms with van der Waals surface area (Å²) in [6.45, 7) is 1.28. The zero-order valence-electron chi connectivity index (χ0n) is 14.9. The van der Waals surface area contributed by atoms with Crippen molar-refractivity contribution < 1.29 is 9.59 Å². The lowest BCUT2D eigenvalue weighted by molar-refractivity contribution is -0.134. The first kappa shape index (κ1) is 19.9. The number of aryl methyl sites for hydroxylation is 1. The maximum atomic E-state index is 12.4. The molecule has 26 heavy (non-hydrogen) atoms. The van der Waals surface area contributed by atoms with E-state index < -0.39 is 6.04 Å². The third kappa shape index (κ3) is 4.42. The van der Waals surface area contributed by atoms with E-state index in [0.717, 1.165) is 12.0 Å². The van der Waals surface area contributed by atoms with Gasteiger partial charge in [0, 0.05) is 31.9 Å². The first-order valence-corrected chi connectivity index (χ1v) is 8.36. The smallest absolute Gasteiger partial charge is 0.242 e. The van der Waals surface area contributed by atoms with Gasteiger partial charge in [0.2, 0.25) is 11.8 Å². The molecule has 1 aromatic heterocycles. The Morgan fingerprint density at radius 3 is 2.65 bits per heavy atom. The van der Waals surface area contributed by atoms with Crippen molar-refractivity contribution in [3.05, 3.63) is 53.3 Å². The fourth-order valence-electron chi connectivity index (χ4n) is 3.12. The topological polar surface area (TPSA) is 79.3 Å². The molecule has 1 aliphatic rings. The van der Waals surface area contributed by atoms with Crippen LogP contribution >= 0.6 is 12.4 Å². The van der Waals surface area contributed by atoms with Crippen LogP contribution in [0.25, 0.3) is 0 Å². The van der Waals surface area contributed by atoms with Crippen LogP contribution in [-0.2, 0) is 29.6 Å². The molecular weight excluding hydrogens is 354 g/mol. The van der Waals surface area contributed by atoms with Crippen LogP contribution in [0.1, 0.15) is 22.7 Å². The van der Waals surface area contributed by atoms with E-state index in [1.54, 1.807) is 36.1 Å². The largest absolute Gasteiger partial charge is 0.345 e. The number of benzene rings is 1. The van der Waals surface area contributed by atoms with Gasteiger partial charge in [0.05, 0.1) is 12.7 Å². The summed E-state index contributed by atoms with van der Waals surface area (Å²) in [6.07, 6.45) is 4.28. The van der Waals surface area contributed by atoms with E-state index in [1.807, 2.05) is 18.2 Å². The average Bonchev–Trinajstić information content (AvgIpc) is 3.05. The molecule has 0 saturated carbocycles. The summed E-state index contributed by atoms with van der Waals surface area (Å²) < 4.78 is 1.64. The number of likely N-dealkylation sites (N-methyl/N-ethyl adjacent to an activating group) is 1. The number of halogens is 1. The molecule has 0 spiro atoms. The number of hydrogen-bond donors (Lipinski definition) is 2. The molecule has 7 nitrogen and oxygen atoms in total. The van der Waals surface area contributed by atoms with Crippen LogP contribution < -0.4 is 10.6 Å². The third-order valence-corrected chi connectivity index (χ3v) is 4.51. The summed E-state index contributed by atoms with van der Waals surface area (Å²) in [5, 5.41) is 9.77. The van der Waals surface area contributed by atoms with Gasteiger partial charge in [-0.1, -0.05) is 24.3 Å². The van der Waals surface area contributed by atoms with Crippen LogP contribution in [0, 0.1) is 0 Å². The van der Waals surface area contributed by atoms with E-state index in [4.69, 9.17) is 0 Å². The molecule has 1 aromatic carbocycles. The lowest BCUT2D eigenvalue weighted by atomic mass is 10.00. The molecule has 140 valence electrons. The van der Waals surface area contributed by atoms with Gasteiger partial charge in [-0.3, -0.25) is 14.3 Å². The second-order valence-electron chi connectivity index (χ2n) is 6.22. The highest BCUT2D eigenvalue weighted by Crippen LogP contribution is 2.18. The number of fused-ring (bicyclic) bond motifs is 1. The highest BCUT2D eigenvalue weighted by molar-refractivity contribution is 5.88. The van der Waals surface area contributed by atoms with Crippen molar-refractivity contribution >= 4 is 24.2 Å². The number of nitrogens with one attached hydrogen (secondary N) is 2. The van der Waals surface area contributed by atoms with E-state index in [9.17, 15) is 9.59 Å². The number of hydrogen-bond acceptors (Lipinski definition) is 4. The predicted molar refractivity (Wildman–Crippen MR) is 101 cm³/mol. The molecule has 2 amide bonds. The van der Waals surface area contributed by atoms with Crippen LogP contribution in [0.2, 0.25) is 0 Å². The van der Waals surface area contributed by atoms with Crippen LogP contribution in [0.3, 0.4) is 0 Å². The van der Waals surface area contributed by atoms with Gasteiger partial charge >= 0.3 is 0 Å². The Balaban J connectivity index is 0.00000243. The van der Waals surface area contributed by atoms with Gasteiger partial charge in [0.15, 0.2) is 0 Å². The maximum absolute atomic E-state index is 12.4. The van der Waals surface area contributed by atoms with Crippen molar-refractivity contribution in [2.75, 3.05) is 20.1 Å². The van der Waals surface area contributed by atoms with Gasteiger partial charge in [0.25, 0.3) is 0 Å². The molecule has 8 heteroatoms. The third-order valence-electron chi connectivity index (χ3n) is 4.51. The van der Waals surface area contributed by atoms with Gasteiger partial charge in [0.1, 0.15) is 6.04 Å². The van der Waals surface area contributed by atoms with Gasteiger partial charge in [-0.05, 0) is 24.6 Å². The second-order valence-corrected chi connectivity index (χ2v) is 6.22. The zero-order valence-corrected chi connectivity index (χ0v) is 15.8. The Hall–Kier alpha value is -2.38. The molecule has 1 atom stereocenters. The normalized spacial score (nSPS) is 14.2. The minimum absolute atomic E-state index is 0. The lowest BCUT2D eigenvalue weighted by Crippen LogP contribution is -2.45. The van der Waals surface area contributed by atoms with E-state index in [0.29, 0.717) is 13.1 Å². The Morgan fingerprint density at radius 1 is 1.27 bits per heavy atom. The summed E-state index contributed by atoms with van der Waals surface area (Å²) in [5.74, 6) is -0.301. The summed E-state index contributed by atoms with van der Waals surface area (Å²) in [5.41, 5.74) is 3.24. The number of nitrogens with zero attached hydrogens (tertiary/aromatic N) is 3. The van der Waals surface area contributed by atoms with E-state index in [-0.39, 0.29) is 30.8 Å². The van der Waals surface area contributed by atoms with Crippen molar-refractivity contribution in [1.29, 1.82) is 0 Å². The van der Waals surface area contributed by atoms with Gasteiger partial charge < -0.3 is 15.5 Å². The van der Waals surface area contributed by atoms with Gasteiger partial charge in [-0.2, -0.15) is 5.10 Å². The molecule has 2 N–H and O–H groups in total. The molecule has 3 rings (SSSR count).